The van der Waals surface area contributed by atoms with Gasteiger partial charge in [-0.1, -0.05) is 11.2 Å². The van der Waals surface area contributed by atoms with Crippen LogP contribution in [0.1, 0.15) is 28.2 Å². The van der Waals surface area contributed by atoms with E-state index in [0.29, 0.717) is 18.1 Å². The summed E-state index contributed by atoms with van der Waals surface area (Å²) >= 11 is 0. The molecule has 2 heterocycles. The summed E-state index contributed by atoms with van der Waals surface area (Å²) in [6, 6.07) is 7.16. The molecule has 0 bridgehead atoms. The minimum absolute atomic E-state index is 0.0721. The first kappa shape index (κ1) is 14.6. The lowest BCUT2D eigenvalue weighted by Crippen LogP contribution is -2.17. The Balaban J connectivity index is 1.72. The largest absolute Gasteiger partial charge is 0.488 e. The molecule has 22 heavy (non-hydrogen) atoms. The van der Waals surface area contributed by atoms with Gasteiger partial charge in [-0.2, -0.15) is 0 Å². The lowest BCUT2D eigenvalue weighted by Gasteiger charge is -2.15. The Bertz CT molecular complexity index is 675. The summed E-state index contributed by atoms with van der Waals surface area (Å²) in [7, 11) is 0. The van der Waals surface area contributed by atoms with Gasteiger partial charge in [0.05, 0.1) is 13.2 Å². The van der Waals surface area contributed by atoms with Gasteiger partial charge < -0.3 is 19.3 Å². The maximum Gasteiger partial charge on any atom is 0.277 e. The number of carbonyl (C=O) groups is 1. The molecule has 1 aromatic heterocycles. The third-order valence-corrected chi connectivity index (χ3v) is 3.49. The van der Waals surface area contributed by atoms with Crippen LogP contribution in [0.4, 0.5) is 5.69 Å². The minimum Gasteiger partial charge on any atom is -0.488 e. The zero-order valence-corrected chi connectivity index (χ0v) is 12.6. The molecule has 1 atom stereocenters. The molecule has 1 fully saturated rings. The summed E-state index contributed by atoms with van der Waals surface area (Å²) in [4.78, 5) is 12.1. The van der Waals surface area contributed by atoms with E-state index in [2.05, 4.69) is 10.5 Å². The number of anilines is 1. The highest BCUT2D eigenvalue weighted by atomic mass is 16.5. The summed E-state index contributed by atoms with van der Waals surface area (Å²) < 4.78 is 16.1. The number of ether oxygens (including phenoxy) is 2. The van der Waals surface area contributed by atoms with E-state index in [1.54, 1.807) is 13.0 Å². The Kier molecular flexibility index (Phi) is 4.11. The molecule has 0 aliphatic carbocycles. The Morgan fingerprint density at radius 1 is 1.36 bits per heavy atom. The van der Waals surface area contributed by atoms with Gasteiger partial charge in [-0.05, 0) is 25.5 Å². The summed E-state index contributed by atoms with van der Waals surface area (Å²) in [6.07, 6.45) is 0.955. The number of aryl methyl sites for hydroxylation is 2. The van der Waals surface area contributed by atoms with Crippen molar-refractivity contribution in [3.05, 3.63) is 41.3 Å². The zero-order valence-electron chi connectivity index (χ0n) is 12.6. The van der Waals surface area contributed by atoms with Crippen LogP contribution in [0.25, 0.3) is 0 Å². The summed E-state index contributed by atoms with van der Waals surface area (Å²) in [5.74, 6) is 1.04. The van der Waals surface area contributed by atoms with Crippen LogP contribution < -0.4 is 10.1 Å². The van der Waals surface area contributed by atoms with Gasteiger partial charge in [-0.15, -0.1) is 0 Å². The van der Waals surface area contributed by atoms with E-state index >= 15 is 0 Å². The molecule has 1 aromatic carbocycles. The molecule has 116 valence electrons. The molecule has 3 rings (SSSR count). The predicted molar refractivity (Wildman–Crippen MR) is 80.2 cm³/mol. The number of hydrogen-bond acceptors (Lipinski definition) is 5. The van der Waals surface area contributed by atoms with Crippen molar-refractivity contribution in [1.29, 1.82) is 0 Å². The highest BCUT2D eigenvalue weighted by Gasteiger charge is 2.18. The highest BCUT2D eigenvalue weighted by Crippen LogP contribution is 2.25. The van der Waals surface area contributed by atoms with Crippen LogP contribution in [-0.4, -0.2) is 30.4 Å². The van der Waals surface area contributed by atoms with Crippen LogP contribution in [0.3, 0.4) is 0 Å². The molecule has 0 radical (unpaired) electrons. The molecule has 1 N–H and O–H groups in total. The maximum atomic E-state index is 12.1. The van der Waals surface area contributed by atoms with Crippen molar-refractivity contribution in [2.24, 2.45) is 0 Å². The van der Waals surface area contributed by atoms with E-state index < -0.39 is 0 Å². The van der Waals surface area contributed by atoms with Crippen molar-refractivity contribution >= 4 is 11.6 Å². The van der Waals surface area contributed by atoms with Crippen LogP contribution in [0.2, 0.25) is 0 Å². The molecule has 1 unspecified atom stereocenters. The predicted octanol–water partition coefficient (Wildman–Crippen LogP) is 2.71. The van der Waals surface area contributed by atoms with Gasteiger partial charge in [0.2, 0.25) is 0 Å². The van der Waals surface area contributed by atoms with Crippen LogP contribution in [0.15, 0.2) is 28.8 Å². The summed E-state index contributed by atoms with van der Waals surface area (Å²) in [6.45, 7) is 5.04. The Hall–Kier alpha value is -2.34. The van der Waals surface area contributed by atoms with E-state index in [-0.39, 0.29) is 17.7 Å². The lowest BCUT2D eigenvalue weighted by molar-refractivity contribution is 0.101. The Morgan fingerprint density at radius 3 is 2.91 bits per heavy atom. The van der Waals surface area contributed by atoms with Crippen LogP contribution in [0, 0.1) is 13.8 Å². The van der Waals surface area contributed by atoms with Gasteiger partial charge in [0.25, 0.3) is 5.91 Å². The van der Waals surface area contributed by atoms with Gasteiger partial charge in [-0.3, -0.25) is 4.79 Å². The molecular weight excluding hydrogens is 284 g/mol. The number of aromatic nitrogens is 1. The van der Waals surface area contributed by atoms with Gasteiger partial charge in [0, 0.05) is 24.2 Å². The second-order valence-electron chi connectivity index (χ2n) is 5.36. The van der Waals surface area contributed by atoms with E-state index in [4.69, 9.17) is 14.0 Å². The number of nitrogens with one attached hydrogen (secondary N) is 1. The smallest absolute Gasteiger partial charge is 0.277 e. The number of benzene rings is 1. The van der Waals surface area contributed by atoms with E-state index in [9.17, 15) is 4.79 Å². The standard InChI is InChI=1S/C16H18N2O4/c1-10-3-4-12(8-15(10)21-13-5-6-20-9-13)17-16(19)14-7-11(2)22-18-14/h3-4,7-8,13H,5-6,9H2,1-2H3,(H,17,19). The van der Waals surface area contributed by atoms with E-state index in [1.807, 2.05) is 25.1 Å². The van der Waals surface area contributed by atoms with Crippen molar-refractivity contribution in [3.63, 3.8) is 0 Å². The molecule has 0 saturated carbocycles. The van der Waals surface area contributed by atoms with Gasteiger partial charge in [0.15, 0.2) is 5.69 Å². The fourth-order valence-electron chi connectivity index (χ4n) is 2.26. The summed E-state index contributed by atoms with van der Waals surface area (Å²) in [5, 5.41) is 6.49. The van der Waals surface area contributed by atoms with Crippen molar-refractivity contribution < 1.29 is 18.8 Å². The average Bonchev–Trinajstić information content (AvgIpc) is 3.14. The molecule has 1 aliphatic rings. The first-order chi connectivity index (χ1) is 10.6. The average molecular weight is 302 g/mol. The van der Waals surface area contributed by atoms with Crippen LogP contribution in [0.5, 0.6) is 5.75 Å². The lowest BCUT2D eigenvalue weighted by atomic mass is 10.2. The molecule has 1 amide bonds. The van der Waals surface area contributed by atoms with E-state index in [1.165, 1.54) is 0 Å². The fraction of sp³-hybridized carbons (Fsp3) is 0.375. The minimum atomic E-state index is -0.309. The molecule has 2 aromatic rings. The van der Waals surface area contributed by atoms with Gasteiger partial charge >= 0.3 is 0 Å². The fourth-order valence-corrected chi connectivity index (χ4v) is 2.26. The Labute approximate surface area is 128 Å². The molecule has 1 aliphatic heterocycles. The number of hydrogen-bond donors (Lipinski definition) is 1. The summed E-state index contributed by atoms with van der Waals surface area (Å²) in [5.41, 5.74) is 1.93. The van der Waals surface area contributed by atoms with Gasteiger partial charge in [0.1, 0.15) is 17.6 Å². The van der Waals surface area contributed by atoms with Crippen molar-refractivity contribution in [2.75, 3.05) is 18.5 Å². The number of amides is 1. The van der Waals surface area contributed by atoms with Gasteiger partial charge in [-0.25, -0.2) is 0 Å². The van der Waals surface area contributed by atoms with Crippen molar-refractivity contribution in [3.8, 4) is 5.75 Å². The quantitative estimate of drug-likeness (QED) is 0.940. The third-order valence-electron chi connectivity index (χ3n) is 3.49. The number of nitrogens with zero attached hydrogens (tertiary/aromatic N) is 1. The highest BCUT2D eigenvalue weighted by molar-refractivity contribution is 6.02. The van der Waals surface area contributed by atoms with Crippen molar-refractivity contribution in [2.45, 2.75) is 26.4 Å². The second kappa shape index (κ2) is 6.19. The molecule has 1 saturated heterocycles. The monoisotopic (exact) mass is 302 g/mol. The first-order valence-corrected chi connectivity index (χ1v) is 7.21. The molecule has 0 spiro atoms. The van der Waals surface area contributed by atoms with E-state index in [0.717, 1.165) is 24.3 Å². The molecule has 6 heteroatoms. The second-order valence-corrected chi connectivity index (χ2v) is 5.36. The number of rotatable bonds is 4. The molecular formula is C16H18N2O4. The maximum absolute atomic E-state index is 12.1. The normalized spacial score (nSPS) is 17.5. The van der Waals surface area contributed by atoms with Crippen LogP contribution in [-0.2, 0) is 4.74 Å². The third kappa shape index (κ3) is 3.28. The topological polar surface area (TPSA) is 73.6 Å². The SMILES string of the molecule is Cc1cc(C(=O)Nc2ccc(C)c(OC3CCOC3)c2)no1. The zero-order chi connectivity index (χ0) is 15.5. The molecule has 6 nitrogen and oxygen atoms in total. The van der Waals surface area contributed by atoms with Crippen LogP contribution >= 0.6 is 0 Å². The first-order valence-electron chi connectivity index (χ1n) is 7.21. The Morgan fingerprint density at radius 2 is 2.23 bits per heavy atom. The number of carbonyl (C=O) groups excluding carboxylic acids is 1. The van der Waals surface area contributed by atoms with Crippen molar-refractivity contribution in [1.82, 2.24) is 5.16 Å².